The fourth-order valence-corrected chi connectivity index (χ4v) is 5.93. The topological polar surface area (TPSA) is 32.8 Å². The van der Waals surface area contributed by atoms with Crippen molar-refractivity contribution in [3.8, 4) is 0 Å². The summed E-state index contributed by atoms with van der Waals surface area (Å²) in [5.41, 5.74) is 2.56. The Labute approximate surface area is 207 Å². The average molecular weight is 473 g/mol. The van der Waals surface area contributed by atoms with Gasteiger partial charge in [0.1, 0.15) is 0 Å². The van der Waals surface area contributed by atoms with Crippen molar-refractivity contribution in [1.29, 1.82) is 0 Å². The number of amides is 1. The molecule has 2 aliphatic rings. The molecule has 0 spiro atoms. The molecule has 182 valence electrons. The third kappa shape index (κ3) is 4.12. The number of benzene rings is 3. The van der Waals surface area contributed by atoms with Gasteiger partial charge in [0.15, 0.2) is 0 Å². The number of carbonyl (C=O) groups is 1. The third-order valence-electron chi connectivity index (χ3n) is 7.49. The number of hydrogen-bond acceptors (Lipinski definition) is 3. The number of alkyl halides is 1. The van der Waals surface area contributed by atoms with E-state index in [-0.39, 0.29) is 12.6 Å². The van der Waals surface area contributed by atoms with Crippen LogP contribution in [-0.4, -0.2) is 47.4 Å². The van der Waals surface area contributed by atoms with Crippen LogP contribution in [0.1, 0.15) is 49.3 Å². The number of halogens is 1. The number of piperazine rings is 1. The molecule has 2 bridgehead atoms. The highest BCUT2D eigenvalue weighted by molar-refractivity contribution is 5.70. The number of hydrogen-bond donors (Lipinski definition) is 0. The number of rotatable bonds is 7. The molecule has 5 heteroatoms. The molecule has 0 radical (unpaired) electrons. The van der Waals surface area contributed by atoms with E-state index < -0.39 is 17.4 Å². The standard InChI is InChI=1S/C30H33FN2O2/c1-2-3-21-35-28(34)33-27-19-20-29(33,31)23-32(22-27)30(24-13-7-4-8-14-24,25-15-9-5-10-16-25)26-17-11-6-12-18-26/h4-18,27H,2-3,19-23H2,1H3. The molecule has 4 nitrogen and oxygen atoms in total. The van der Waals surface area contributed by atoms with Crippen LogP contribution in [-0.2, 0) is 10.3 Å². The van der Waals surface area contributed by atoms with Crippen LogP contribution in [0, 0.1) is 0 Å². The first-order valence-electron chi connectivity index (χ1n) is 12.7. The Morgan fingerprint density at radius 3 is 1.91 bits per heavy atom. The van der Waals surface area contributed by atoms with Crippen molar-refractivity contribution in [1.82, 2.24) is 9.80 Å². The molecule has 1 amide bonds. The molecule has 2 heterocycles. The molecule has 5 rings (SSSR count). The molecular formula is C30H33FN2O2. The molecule has 0 aromatic heterocycles. The Bertz CT molecular complexity index is 1030. The highest BCUT2D eigenvalue weighted by Gasteiger charge is 2.59. The van der Waals surface area contributed by atoms with Gasteiger partial charge in [-0.1, -0.05) is 104 Å². The second-order valence-electron chi connectivity index (χ2n) is 9.64. The minimum atomic E-state index is -1.77. The van der Waals surface area contributed by atoms with E-state index in [9.17, 15) is 4.79 Å². The predicted octanol–water partition coefficient (Wildman–Crippen LogP) is 6.36. The van der Waals surface area contributed by atoms with Gasteiger partial charge in [0, 0.05) is 13.0 Å². The van der Waals surface area contributed by atoms with Crippen LogP contribution in [0.25, 0.3) is 0 Å². The molecule has 0 saturated carbocycles. The van der Waals surface area contributed by atoms with Crippen LogP contribution in [0.15, 0.2) is 91.0 Å². The lowest BCUT2D eigenvalue weighted by Gasteiger charge is -2.52. The predicted molar refractivity (Wildman–Crippen MR) is 136 cm³/mol. The zero-order valence-corrected chi connectivity index (χ0v) is 20.3. The average Bonchev–Trinajstić information content (AvgIpc) is 3.11. The lowest BCUT2D eigenvalue weighted by atomic mass is 9.75. The number of nitrogens with zero attached hydrogens (tertiary/aromatic N) is 2. The summed E-state index contributed by atoms with van der Waals surface area (Å²) >= 11 is 0. The van der Waals surface area contributed by atoms with E-state index in [1.807, 2.05) is 61.5 Å². The maximum atomic E-state index is 16.7. The normalized spacial score (nSPS) is 22.2. The summed E-state index contributed by atoms with van der Waals surface area (Å²) in [5.74, 6) is -1.77. The second kappa shape index (κ2) is 9.82. The van der Waals surface area contributed by atoms with Crippen molar-refractivity contribution in [2.75, 3.05) is 19.7 Å². The Morgan fingerprint density at radius 2 is 1.46 bits per heavy atom. The number of likely N-dealkylation sites (tertiary alicyclic amines) is 1. The number of ether oxygens (including phenoxy) is 1. The van der Waals surface area contributed by atoms with E-state index in [1.54, 1.807) is 0 Å². The van der Waals surface area contributed by atoms with Gasteiger partial charge >= 0.3 is 6.09 Å². The van der Waals surface area contributed by atoms with Crippen LogP contribution in [0.5, 0.6) is 0 Å². The van der Waals surface area contributed by atoms with E-state index in [2.05, 4.69) is 41.3 Å². The summed E-state index contributed by atoms with van der Waals surface area (Å²) < 4.78 is 22.1. The highest BCUT2D eigenvalue weighted by Crippen LogP contribution is 2.49. The summed E-state index contributed by atoms with van der Waals surface area (Å²) in [4.78, 5) is 16.6. The van der Waals surface area contributed by atoms with E-state index >= 15 is 4.39 Å². The summed E-state index contributed by atoms with van der Waals surface area (Å²) in [5, 5.41) is 0. The Balaban J connectivity index is 1.61. The molecule has 2 aliphatic heterocycles. The SMILES string of the molecule is CCCCOC(=O)N1C2CCC1(F)CN(C(c1ccccc1)(c1ccccc1)c1ccccc1)C2. The Morgan fingerprint density at radius 1 is 0.943 bits per heavy atom. The molecule has 3 aromatic rings. The molecule has 0 aliphatic carbocycles. The zero-order valence-electron chi connectivity index (χ0n) is 20.3. The van der Waals surface area contributed by atoms with Crippen LogP contribution in [0.2, 0.25) is 0 Å². The van der Waals surface area contributed by atoms with Crippen LogP contribution < -0.4 is 0 Å². The van der Waals surface area contributed by atoms with Gasteiger partial charge in [-0.2, -0.15) is 0 Å². The van der Waals surface area contributed by atoms with E-state index in [0.29, 0.717) is 26.0 Å². The fourth-order valence-electron chi connectivity index (χ4n) is 5.93. The largest absolute Gasteiger partial charge is 0.449 e. The smallest absolute Gasteiger partial charge is 0.412 e. The van der Waals surface area contributed by atoms with Crippen molar-refractivity contribution in [2.24, 2.45) is 0 Å². The first-order chi connectivity index (χ1) is 17.1. The van der Waals surface area contributed by atoms with Crippen LogP contribution in [0.4, 0.5) is 9.18 Å². The van der Waals surface area contributed by atoms with Gasteiger partial charge in [-0.15, -0.1) is 0 Å². The van der Waals surface area contributed by atoms with E-state index in [4.69, 9.17) is 4.74 Å². The van der Waals surface area contributed by atoms with Gasteiger partial charge in [-0.3, -0.25) is 9.80 Å². The number of fused-ring (bicyclic) bond motifs is 2. The lowest BCUT2D eigenvalue weighted by Crippen LogP contribution is -2.66. The number of unbranched alkanes of at least 4 members (excludes halogenated alkanes) is 1. The van der Waals surface area contributed by atoms with Crippen molar-refractivity contribution < 1.29 is 13.9 Å². The lowest BCUT2D eigenvalue weighted by molar-refractivity contribution is -0.0909. The first-order valence-corrected chi connectivity index (χ1v) is 12.7. The van der Waals surface area contributed by atoms with Gasteiger partial charge in [-0.05, 0) is 29.5 Å². The molecule has 35 heavy (non-hydrogen) atoms. The molecule has 2 unspecified atom stereocenters. The quantitative estimate of drug-likeness (QED) is 0.228. The molecular weight excluding hydrogens is 439 g/mol. The second-order valence-corrected chi connectivity index (χ2v) is 9.64. The molecule has 0 N–H and O–H groups in total. The van der Waals surface area contributed by atoms with Gasteiger partial charge in [0.2, 0.25) is 5.79 Å². The van der Waals surface area contributed by atoms with Crippen molar-refractivity contribution in [3.05, 3.63) is 108 Å². The van der Waals surface area contributed by atoms with Crippen molar-refractivity contribution in [3.63, 3.8) is 0 Å². The monoisotopic (exact) mass is 472 g/mol. The molecule has 2 fully saturated rings. The third-order valence-corrected chi connectivity index (χ3v) is 7.49. The first kappa shape index (κ1) is 23.6. The minimum absolute atomic E-state index is 0.116. The maximum absolute atomic E-state index is 16.7. The summed E-state index contributed by atoms with van der Waals surface area (Å²) in [6.45, 7) is 3.06. The minimum Gasteiger partial charge on any atom is -0.449 e. The van der Waals surface area contributed by atoms with Crippen molar-refractivity contribution >= 4 is 6.09 Å². The van der Waals surface area contributed by atoms with Crippen LogP contribution in [0.3, 0.4) is 0 Å². The van der Waals surface area contributed by atoms with E-state index in [1.165, 1.54) is 4.90 Å². The summed E-state index contributed by atoms with van der Waals surface area (Å²) in [6.07, 6.45) is 2.15. The van der Waals surface area contributed by atoms with Gasteiger partial charge in [0.05, 0.1) is 24.7 Å². The maximum Gasteiger partial charge on any atom is 0.412 e. The van der Waals surface area contributed by atoms with E-state index in [0.717, 1.165) is 29.5 Å². The molecule has 2 saturated heterocycles. The van der Waals surface area contributed by atoms with Gasteiger partial charge < -0.3 is 4.74 Å². The fraction of sp³-hybridized carbons (Fsp3) is 0.367. The summed E-state index contributed by atoms with van der Waals surface area (Å²) in [7, 11) is 0. The zero-order chi connectivity index (χ0) is 24.3. The van der Waals surface area contributed by atoms with Crippen LogP contribution >= 0.6 is 0 Å². The summed E-state index contributed by atoms with van der Waals surface area (Å²) in [6, 6.07) is 30.8. The molecule has 3 aromatic carbocycles. The molecule has 2 atom stereocenters. The van der Waals surface area contributed by atoms with Gasteiger partial charge in [-0.25, -0.2) is 9.18 Å². The highest BCUT2D eigenvalue weighted by atomic mass is 19.1. The van der Waals surface area contributed by atoms with Gasteiger partial charge in [0.25, 0.3) is 0 Å². The Kier molecular flexibility index (Phi) is 6.61. The van der Waals surface area contributed by atoms with Crippen molar-refractivity contribution in [2.45, 2.75) is 50.0 Å². The number of carbonyl (C=O) groups excluding carboxylic acids is 1. The Hall–Kier alpha value is -3.18.